The summed E-state index contributed by atoms with van der Waals surface area (Å²) in [5, 5.41) is -1.55. The summed E-state index contributed by atoms with van der Waals surface area (Å²) in [6.45, 7) is -1.93. The van der Waals surface area contributed by atoms with Gasteiger partial charge in [-0.05, 0) is 0 Å². The van der Waals surface area contributed by atoms with Crippen LogP contribution in [0.25, 0.3) is 0 Å². The summed E-state index contributed by atoms with van der Waals surface area (Å²) in [7, 11) is -7.14. The van der Waals surface area contributed by atoms with E-state index in [9.17, 15) is 26.4 Å². The Hall–Kier alpha value is -1.24. The number of hydrogen-bond acceptors (Lipinski definition) is 10. The average molecular weight is 320 g/mol. The molecule has 0 unspecified atom stereocenters. The van der Waals surface area contributed by atoms with E-state index in [-0.39, 0.29) is 0 Å². The maximum absolute atomic E-state index is 11.2. The summed E-state index contributed by atoms with van der Waals surface area (Å²) in [5.74, 6) is -2.01. The van der Waals surface area contributed by atoms with Crippen molar-refractivity contribution in [2.45, 2.75) is 0 Å². The van der Waals surface area contributed by atoms with Crippen LogP contribution in [0.4, 0.5) is 0 Å². The zero-order chi connectivity index (χ0) is 15.1. The highest BCUT2D eigenvalue weighted by Crippen LogP contribution is 2.03. The Morgan fingerprint density at radius 1 is 0.789 bits per heavy atom. The first kappa shape index (κ1) is 17.8. The van der Waals surface area contributed by atoms with Gasteiger partial charge < -0.3 is 9.47 Å². The number of methoxy groups -OCH3 is 2. The highest BCUT2D eigenvalue weighted by molar-refractivity contribution is 8.03. The Morgan fingerprint density at radius 3 is 1.37 bits per heavy atom. The molecule has 0 atom stereocenters. The third-order valence-corrected chi connectivity index (χ3v) is 4.72. The van der Waals surface area contributed by atoms with Gasteiger partial charge in [0.2, 0.25) is 5.08 Å². The summed E-state index contributed by atoms with van der Waals surface area (Å²) in [6, 6.07) is 0. The minimum absolute atomic E-state index is 0.967. The molecule has 0 aromatic carbocycles. The number of ether oxygens (including phenoxy) is 2. The van der Waals surface area contributed by atoms with E-state index in [1.54, 1.807) is 0 Å². The first-order chi connectivity index (χ1) is 8.62. The minimum atomic E-state index is -4.56. The Balaban J connectivity index is 4.47. The Kier molecular flexibility index (Phi) is 6.89. The molecule has 0 saturated carbocycles. The number of carbonyl (C=O) groups is 2. The van der Waals surface area contributed by atoms with E-state index in [1.807, 2.05) is 0 Å². The lowest BCUT2D eigenvalue weighted by Crippen LogP contribution is -2.25. The maximum Gasteiger partial charge on any atom is 0.333 e. The van der Waals surface area contributed by atoms with E-state index in [2.05, 4.69) is 17.8 Å². The fourth-order valence-corrected chi connectivity index (χ4v) is 3.15. The monoisotopic (exact) mass is 320 g/mol. The van der Waals surface area contributed by atoms with E-state index in [4.69, 9.17) is 0 Å². The highest BCUT2D eigenvalue weighted by Gasteiger charge is 2.26. The molecule has 0 aliphatic heterocycles. The predicted molar refractivity (Wildman–Crippen MR) is 58.6 cm³/mol. The van der Waals surface area contributed by atoms with Crippen LogP contribution in [0.5, 0.6) is 0 Å². The van der Waals surface area contributed by atoms with Crippen LogP contribution in [0.2, 0.25) is 0 Å². The molecule has 0 saturated heterocycles. The maximum atomic E-state index is 11.2. The molecule has 0 amide bonds. The largest absolute Gasteiger partial charge is 0.467 e. The molecule has 0 rings (SSSR count). The first-order valence-corrected chi connectivity index (χ1v) is 7.65. The predicted octanol–water partition coefficient (Wildman–Crippen LogP) is -2.02. The number of rotatable bonds is 8. The third kappa shape index (κ3) is 8.47. The van der Waals surface area contributed by atoms with Gasteiger partial charge in [0.05, 0.1) is 14.2 Å². The van der Waals surface area contributed by atoms with Crippen LogP contribution in [0.15, 0.2) is 0 Å². The van der Waals surface area contributed by atoms with Gasteiger partial charge in [0.15, 0.2) is 13.2 Å². The van der Waals surface area contributed by atoms with E-state index < -0.39 is 50.5 Å². The van der Waals surface area contributed by atoms with Crippen molar-refractivity contribution >= 4 is 32.2 Å². The van der Waals surface area contributed by atoms with Gasteiger partial charge in [-0.3, -0.25) is 8.37 Å². The Morgan fingerprint density at radius 2 is 1.11 bits per heavy atom. The molecule has 19 heavy (non-hydrogen) atoms. The molecular formula is C7H12O10S2. The third-order valence-electron chi connectivity index (χ3n) is 1.46. The van der Waals surface area contributed by atoms with Crippen molar-refractivity contribution in [3.63, 3.8) is 0 Å². The van der Waals surface area contributed by atoms with Crippen molar-refractivity contribution in [3.8, 4) is 0 Å². The highest BCUT2D eigenvalue weighted by atomic mass is 32.3. The standard InChI is InChI=1S/C7H12O10S2/c1-14-6(8)3-16-18(10,11)5-19(12,13)17-4-7(9)15-2/h3-5H2,1-2H3. The van der Waals surface area contributed by atoms with Crippen molar-refractivity contribution in [2.24, 2.45) is 0 Å². The molecule has 0 radical (unpaired) electrons. The van der Waals surface area contributed by atoms with E-state index in [0.29, 0.717) is 0 Å². The quantitative estimate of drug-likeness (QED) is 0.363. The topological polar surface area (TPSA) is 139 Å². The van der Waals surface area contributed by atoms with Gasteiger partial charge in [-0.15, -0.1) is 0 Å². The number of carbonyl (C=O) groups excluding carboxylic acids is 2. The molecule has 0 aromatic rings. The number of hydrogen-bond donors (Lipinski definition) is 0. The molecule has 0 aliphatic rings. The molecule has 0 fully saturated rings. The molecule has 0 aliphatic carbocycles. The van der Waals surface area contributed by atoms with Crippen molar-refractivity contribution in [2.75, 3.05) is 32.5 Å². The van der Waals surface area contributed by atoms with Crippen LogP contribution in [0.3, 0.4) is 0 Å². The van der Waals surface area contributed by atoms with Gasteiger partial charge >= 0.3 is 11.9 Å². The van der Waals surface area contributed by atoms with Crippen LogP contribution in [0, 0.1) is 0 Å². The Bertz CT molecular complexity index is 468. The van der Waals surface area contributed by atoms with Crippen molar-refractivity contribution in [1.29, 1.82) is 0 Å². The number of esters is 2. The summed E-state index contributed by atoms with van der Waals surface area (Å²) >= 11 is 0. The molecule has 0 heterocycles. The van der Waals surface area contributed by atoms with E-state index in [1.165, 1.54) is 0 Å². The molecular weight excluding hydrogens is 308 g/mol. The second-order valence-corrected chi connectivity index (χ2v) is 6.55. The van der Waals surface area contributed by atoms with Crippen molar-refractivity contribution in [3.05, 3.63) is 0 Å². The molecule has 0 bridgehead atoms. The Labute approximate surface area is 109 Å². The molecule has 0 N–H and O–H groups in total. The van der Waals surface area contributed by atoms with E-state index in [0.717, 1.165) is 14.2 Å². The lowest BCUT2D eigenvalue weighted by molar-refractivity contribution is -0.143. The van der Waals surface area contributed by atoms with Gasteiger partial charge in [0.1, 0.15) is 0 Å². The lowest BCUT2D eigenvalue weighted by Gasteiger charge is -2.06. The van der Waals surface area contributed by atoms with E-state index >= 15 is 0 Å². The fourth-order valence-electron chi connectivity index (χ4n) is 0.638. The van der Waals surface area contributed by atoms with Crippen LogP contribution in [-0.4, -0.2) is 61.3 Å². The molecule has 0 spiro atoms. The van der Waals surface area contributed by atoms with Crippen LogP contribution >= 0.6 is 0 Å². The van der Waals surface area contributed by atoms with Crippen molar-refractivity contribution < 1.29 is 44.3 Å². The molecule has 10 nitrogen and oxygen atoms in total. The smallest absolute Gasteiger partial charge is 0.333 e. The van der Waals surface area contributed by atoms with Gasteiger partial charge in [0, 0.05) is 0 Å². The second-order valence-electron chi connectivity index (χ2n) is 2.91. The summed E-state index contributed by atoms with van der Waals surface area (Å²) in [5.41, 5.74) is 0. The molecule has 0 aromatic heterocycles. The zero-order valence-electron chi connectivity index (χ0n) is 10.0. The SMILES string of the molecule is COC(=O)COS(=O)(=O)CS(=O)(=O)OCC(=O)OC. The van der Waals surface area contributed by atoms with Crippen molar-refractivity contribution in [1.82, 2.24) is 0 Å². The van der Waals surface area contributed by atoms with Gasteiger partial charge in [-0.2, -0.15) is 16.8 Å². The van der Waals surface area contributed by atoms with Gasteiger partial charge in [-0.25, -0.2) is 9.59 Å². The summed E-state index contributed by atoms with van der Waals surface area (Å²) in [6.07, 6.45) is 0. The van der Waals surface area contributed by atoms with Crippen LogP contribution in [0.1, 0.15) is 0 Å². The molecule has 12 heteroatoms. The summed E-state index contributed by atoms with van der Waals surface area (Å²) < 4.78 is 61.0. The van der Waals surface area contributed by atoms with Gasteiger partial charge in [-0.1, -0.05) is 0 Å². The second kappa shape index (κ2) is 7.37. The van der Waals surface area contributed by atoms with Crippen LogP contribution in [-0.2, 0) is 47.7 Å². The normalized spacial score (nSPS) is 11.9. The lowest BCUT2D eigenvalue weighted by atomic mass is 10.8. The first-order valence-electron chi connectivity index (χ1n) is 4.49. The average Bonchev–Trinajstić information content (AvgIpc) is 2.31. The molecule has 112 valence electrons. The minimum Gasteiger partial charge on any atom is -0.467 e. The summed E-state index contributed by atoms with van der Waals surface area (Å²) in [4.78, 5) is 21.2. The zero-order valence-corrected chi connectivity index (χ0v) is 11.7. The van der Waals surface area contributed by atoms with Gasteiger partial charge in [0.25, 0.3) is 20.2 Å². The van der Waals surface area contributed by atoms with Crippen LogP contribution < -0.4 is 0 Å². The fraction of sp³-hybridized carbons (Fsp3) is 0.714.